The summed E-state index contributed by atoms with van der Waals surface area (Å²) in [5.41, 5.74) is 2.07. The van der Waals surface area contributed by atoms with Crippen molar-refractivity contribution in [1.82, 2.24) is 20.1 Å². The Morgan fingerprint density at radius 1 is 1.07 bits per heavy atom. The quantitative estimate of drug-likeness (QED) is 0.518. The molecule has 5 nitrogen and oxygen atoms in total. The van der Waals surface area contributed by atoms with Crippen LogP contribution in [0, 0.1) is 5.92 Å². The van der Waals surface area contributed by atoms with Crippen LogP contribution in [-0.2, 0) is 11.3 Å². The standard InChI is InChI=1S/C22H25ClN4OS/c1-15(2)16(3)24-20(28)14-29-22-26-25-21(18-9-11-19(23)12-10-18)27(22)13-17-7-5-4-6-8-17/h4-12,15-16H,13-14H2,1-3H3,(H,24,28). The third-order valence-electron chi connectivity index (χ3n) is 4.72. The SMILES string of the molecule is CC(C)C(C)NC(=O)CSc1nnc(-c2ccc(Cl)cc2)n1Cc1ccccc1. The summed E-state index contributed by atoms with van der Waals surface area (Å²) in [5, 5.41) is 13.2. The number of thioether (sulfide) groups is 1. The number of amides is 1. The molecule has 1 heterocycles. The highest BCUT2D eigenvalue weighted by Crippen LogP contribution is 2.26. The number of carbonyl (C=O) groups excluding carboxylic acids is 1. The summed E-state index contributed by atoms with van der Waals surface area (Å²) in [6.45, 7) is 6.82. The Hall–Kier alpha value is -2.31. The highest BCUT2D eigenvalue weighted by Gasteiger charge is 2.17. The minimum Gasteiger partial charge on any atom is -0.353 e. The number of nitrogens with zero attached hydrogens (tertiary/aromatic N) is 3. The van der Waals surface area contributed by atoms with Crippen molar-refractivity contribution in [2.24, 2.45) is 5.92 Å². The van der Waals surface area contributed by atoms with E-state index in [9.17, 15) is 4.79 Å². The zero-order valence-corrected chi connectivity index (χ0v) is 18.4. The van der Waals surface area contributed by atoms with Crippen LogP contribution in [0.25, 0.3) is 11.4 Å². The molecule has 0 aliphatic rings. The minimum atomic E-state index is -0.00139. The molecule has 0 bridgehead atoms. The molecule has 0 aliphatic carbocycles. The van der Waals surface area contributed by atoms with Crippen LogP contribution in [0.2, 0.25) is 5.02 Å². The van der Waals surface area contributed by atoms with Crippen molar-refractivity contribution in [3.05, 3.63) is 65.2 Å². The van der Waals surface area contributed by atoms with Crippen molar-refractivity contribution in [1.29, 1.82) is 0 Å². The van der Waals surface area contributed by atoms with Gasteiger partial charge in [0.2, 0.25) is 5.91 Å². The van der Waals surface area contributed by atoms with Gasteiger partial charge in [-0.1, -0.05) is 67.5 Å². The first-order valence-electron chi connectivity index (χ1n) is 9.59. The van der Waals surface area contributed by atoms with Crippen molar-refractivity contribution in [2.75, 3.05) is 5.75 Å². The Bertz CT molecular complexity index is 941. The van der Waals surface area contributed by atoms with Crippen LogP contribution < -0.4 is 5.32 Å². The number of rotatable bonds is 8. The second-order valence-electron chi connectivity index (χ2n) is 7.27. The van der Waals surface area contributed by atoms with E-state index in [0.29, 0.717) is 28.4 Å². The van der Waals surface area contributed by atoms with Gasteiger partial charge < -0.3 is 5.32 Å². The molecule has 1 atom stereocenters. The van der Waals surface area contributed by atoms with Gasteiger partial charge in [-0.3, -0.25) is 9.36 Å². The van der Waals surface area contributed by atoms with Crippen molar-refractivity contribution >= 4 is 29.3 Å². The maximum Gasteiger partial charge on any atom is 0.230 e. The summed E-state index contributed by atoms with van der Waals surface area (Å²) in [5.74, 6) is 1.44. The van der Waals surface area contributed by atoms with E-state index in [0.717, 1.165) is 17.0 Å². The van der Waals surface area contributed by atoms with Crippen LogP contribution >= 0.6 is 23.4 Å². The largest absolute Gasteiger partial charge is 0.353 e. The molecule has 3 aromatic rings. The fourth-order valence-electron chi connectivity index (χ4n) is 2.71. The van der Waals surface area contributed by atoms with E-state index < -0.39 is 0 Å². The van der Waals surface area contributed by atoms with Gasteiger partial charge in [0.05, 0.1) is 12.3 Å². The molecule has 29 heavy (non-hydrogen) atoms. The van der Waals surface area contributed by atoms with E-state index in [2.05, 4.69) is 41.5 Å². The van der Waals surface area contributed by atoms with Crippen LogP contribution in [0.1, 0.15) is 26.3 Å². The molecule has 0 fully saturated rings. The molecule has 1 aromatic heterocycles. The first kappa shape index (κ1) is 21.4. The first-order chi connectivity index (χ1) is 13.9. The van der Waals surface area contributed by atoms with Crippen molar-refractivity contribution < 1.29 is 4.79 Å². The van der Waals surface area contributed by atoms with Gasteiger partial charge in [0.1, 0.15) is 0 Å². The maximum atomic E-state index is 12.3. The van der Waals surface area contributed by atoms with Crippen LogP contribution in [0.3, 0.4) is 0 Å². The number of benzene rings is 2. The number of carbonyl (C=O) groups is 1. The lowest BCUT2D eigenvalue weighted by Gasteiger charge is -2.17. The summed E-state index contributed by atoms with van der Waals surface area (Å²) in [4.78, 5) is 12.3. The van der Waals surface area contributed by atoms with E-state index in [1.807, 2.05) is 54.0 Å². The van der Waals surface area contributed by atoms with E-state index in [1.165, 1.54) is 11.8 Å². The topological polar surface area (TPSA) is 59.8 Å². The summed E-state index contributed by atoms with van der Waals surface area (Å²) in [7, 11) is 0. The molecule has 0 aliphatic heterocycles. The molecule has 7 heteroatoms. The first-order valence-corrected chi connectivity index (χ1v) is 11.0. The third-order valence-corrected chi connectivity index (χ3v) is 5.94. The Morgan fingerprint density at radius 2 is 1.76 bits per heavy atom. The second kappa shape index (κ2) is 9.94. The highest BCUT2D eigenvalue weighted by atomic mass is 35.5. The minimum absolute atomic E-state index is 0.00139. The van der Waals surface area contributed by atoms with Crippen LogP contribution in [0.5, 0.6) is 0 Å². The normalized spacial score (nSPS) is 12.2. The fraction of sp³-hybridized carbons (Fsp3) is 0.318. The Labute approximate surface area is 180 Å². The van der Waals surface area contributed by atoms with Gasteiger partial charge in [-0.15, -0.1) is 10.2 Å². The third kappa shape index (κ3) is 5.84. The number of aromatic nitrogens is 3. The van der Waals surface area contributed by atoms with Gasteiger partial charge >= 0.3 is 0 Å². The summed E-state index contributed by atoms with van der Waals surface area (Å²) < 4.78 is 2.04. The number of hydrogen-bond acceptors (Lipinski definition) is 4. The summed E-state index contributed by atoms with van der Waals surface area (Å²) in [6, 6.07) is 17.8. The van der Waals surface area contributed by atoms with E-state index in [-0.39, 0.29) is 11.9 Å². The second-order valence-corrected chi connectivity index (χ2v) is 8.65. The van der Waals surface area contributed by atoms with Gasteiger partial charge in [-0.2, -0.15) is 0 Å². The highest BCUT2D eigenvalue weighted by molar-refractivity contribution is 7.99. The van der Waals surface area contributed by atoms with E-state index in [4.69, 9.17) is 11.6 Å². The Balaban J connectivity index is 1.82. The number of hydrogen-bond donors (Lipinski definition) is 1. The zero-order valence-electron chi connectivity index (χ0n) is 16.8. The summed E-state index contributed by atoms with van der Waals surface area (Å²) in [6.07, 6.45) is 0. The predicted molar refractivity (Wildman–Crippen MR) is 119 cm³/mol. The molecular weight excluding hydrogens is 404 g/mol. The van der Waals surface area contributed by atoms with Gasteiger partial charge in [0.25, 0.3) is 0 Å². The Morgan fingerprint density at radius 3 is 2.41 bits per heavy atom. The molecule has 1 unspecified atom stereocenters. The van der Waals surface area contributed by atoms with Gasteiger partial charge in [0, 0.05) is 16.6 Å². The zero-order chi connectivity index (χ0) is 20.8. The van der Waals surface area contributed by atoms with Gasteiger partial charge in [0.15, 0.2) is 11.0 Å². The van der Waals surface area contributed by atoms with Crippen molar-refractivity contribution in [3.8, 4) is 11.4 Å². The van der Waals surface area contributed by atoms with Crippen molar-refractivity contribution in [3.63, 3.8) is 0 Å². The molecule has 2 aromatic carbocycles. The van der Waals surface area contributed by atoms with Gasteiger partial charge in [-0.25, -0.2) is 0 Å². The van der Waals surface area contributed by atoms with E-state index in [1.54, 1.807) is 0 Å². The van der Waals surface area contributed by atoms with E-state index >= 15 is 0 Å². The maximum absolute atomic E-state index is 12.3. The molecule has 1 N–H and O–H groups in total. The average Bonchev–Trinajstić information content (AvgIpc) is 3.10. The van der Waals surface area contributed by atoms with Crippen LogP contribution in [-0.4, -0.2) is 32.5 Å². The number of nitrogens with one attached hydrogen (secondary N) is 1. The van der Waals surface area contributed by atoms with Crippen molar-refractivity contribution in [2.45, 2.75) is 38.5 Å². The molecule has 3 rings (SSSR count). The van der Waals surface area contributed by atoms with Crippen LogP contribution in [0.15, 0.2) is 59.8 Å². The molecule has 1 amide bonds. The average molecular weight is 429 g/mol. The fourth-order valence-corrected chi connectivity index (χ4v) is 3.58. The lowest BCUT2D eigenvalue weighted by atomic mass is 10.1. The molecule has 152 valence electrons. The summed E-state index contributed by atoms with van der Waals surface area (Å²) >= 11 is 7.43. The lowest BCUT2D eigenvalue weighted by Crippen LogP contribution is -2.37. The Kier molecular flexibility index (Phi) is 7.34. The smallest absolute Gasteiger partial charge is 0.230 e. The molecular formula is C22H25ClN4OS. The lowest BCUT2D eigenvalue weighted by molar-refractivity contribution is -0.119. The number of halogens is 1. The molecule has 0 saturated carbocycles. The monoisotopic (exact) mass is 428 g/mol. The van der Waals surface area contributed by atoms with Crippen LogP contribution in [0.4, 0.5) is 0 Å². The molecule has 0 saturated heterocycles. The predicted octanol–water partition coefficient (Wildman–Crippen LogP) is 4.90. The molecule has 0 radical (unpaired) electrons. The van der Waals surface area contributed by atoms with Gasteiger partial charge in [-0.05, 0) is 42.7 Å². The molecule has 0 spiro atoms.